The SMILES string of the molecule is CCNc1nc(NCC(O)C2CC2)c(F)cc1F. The normalized spacial score (nSPS) is 16.4. The molecule has 0 spiro atoms. The Bertz CT molecular complexity index is 424. The van der Waals surface area contributed by atoms with Crippen molar-refractivity contribution in [1.29, 1.82) is 0 Å². The molecule has 1 heterocycles. The largest absolute Gasteiger partial charge is 0.391 e. The van der Waals surface area contributed by atoms with E-state index in [9.17, 15) is 13.9 Å². The fourth-order valence-electron chi connectivity index (χ4n) is 1.73. The molecule has 1 aromatic heterocycles. The molecule has 0 saturated heterocycles. The second-order valence-electron chi connectivity index (χ2n) is 4.47. The molecule has 3 N–H and O–H groups in total. The summed E-state index contributed by atoms with van der Waals surface area (Å²) in [4.78, 5) is 3.83. The van der Waals surface area contributed by atoms with Crippen molar-refractivity contribution in [2.24, 2.45) is 5.92 Å². The number of hydrogen-bond acceptors (Lipinski definition) is 4. The monoisotopic (exact) mass is 257 g/mol. The number of pyridine rings is 1. The highest BCUT2D eigenvalue weighted by Crippen LogP contribution is 2.32. The Morgan fingerprint density at radius 3 is 2.50 bits per heavy atom. The van der Waals surface area contributed by atoms with E-state index in [-0.39, 0.29) is 18.2 Å². The highest BCUT2D eigenvalue weighted by Gasteiger charge is 2.29. The molecule has 1 saturated carbocycles. The van der Waals surface area contributed by atoms with E-state index in [2.05, 4.69) is 15.6 Å². The number of rotatable bonds is 6. The number of anilines is 2. The van der Waals surface area contributed by atoms with Crippen molar-refractivity contribution >= 4 is 11.6 Å². The molecule has 0 bridgehead atoms. The maximum atomic E-state index is 13.5. The second kappa shape index (κ2) is 5.48. The highest BCUT2D eigenvalue weighted by molar-refractivity contribution is 5.47. The molecule has 18 heavy (non-hydrogen) atoms. The van der Waals surface area contributed by atoms with Gasteiger partial charge in [-0.05, 0) is 25.7 Å². The summed E-state index contributed by atoms with van der Waals surface area (Å²) in [5.74, 6) is -1.19. The van der Waals surface area contributed by atoms with Gasteiger partial charge in [0.25, 0.3) is 0 Å². The van der Waals surface area contributed by atoms with Gasteiger partial charge < -0.3 is 15.7 Å². The average molecular weight is 257 g/mol. The minimum Gasteiger partial charge on any atom is -0.391 e. The van der Waals surface area contributed by atoms with Crippen LogP contribution in [0.3, 0.4) is 0 Å². The first-order chi connectivity index (χ1) is 8.61. The summed E-state index contributed by atoms with van der Waals surface area (Å²) < 4.78 is 26.8. The van der Waals surface area contributed by atoms with Crippen LogP contribution in [-0.2, 0) is 0 Å². The van der Waals surface area contributed by atoms with Gasteiger partial charge in [0.15, 0.2) is 23.3 Å². The Morgan fingerprint density at radius 2 is 1.94 bits per heavy atom. The number of aromatic nitrogens is 1. The standard InChI is InChI=1S/C12H17F2N3O/c1-2-15-11-8(13)5-9(14)12(17-11)16-6-10(18)7-3-4-7/h5,7,10,18H,2-4,6H2,1H3,(H2,15,16,17). The Morgan fingerprint density at radius 1 is 1.33 bits per heavy atom. The predicted octanol–water partition coefficient (Wildman–Crippen LogP) is 1.97. The van der Waals surface area contributed by atoms with Gasteiger partial charge in [0, 0.05) is 19.2 Å². The van der Waals surface area contributed by atoms with Gasteiger partial charge in [-0.15, -0.1) is 0 Å². The van der Waals surface area contributed by atoms with Crippen molar-refractivity contribution in [3.8, 4) is 0 Å². The summed E-state index contributed by atoms with van der Waals surface area (Å²) in [5, 5.41) is 15.1. The topological polar surface area (TPSA) is 57.2 Å². The van der Waals surface area contributed by atoms with Crippen molar-refractivity contribution in [2.45, 2.75) is 25.9 Å². The van der Waals surface area contributed by atoms with E-state index >= 15 is 0 Å². The Hall–Kier alpha value is -1.43. The van der Waals surface area contributed by atoms with Crippen LogP contribution in [0.5, 0.6) is 0 Å². The third-order valence-corrected chi connectivity index (χ3v) is 2.92. The van der Waals surface area contributed by atoms with Crippen LogP contribution in [0.4, 0.5) is 20.4 Å². The molecule has 1 aromatic rings. The lowest BCUT2D eigenvalue weighted by Crippen LogP contribution is -2.22. The predicted molar refractivity (Wildman–Crippen MR) is 65.5 cm³/mol. The van der Waals surface area contributed by atoms with Gasteiger partial charge in [0.05, 0.1) is 6.10 Å². The molecule has 0 aliphatic heterocycles. The zero-order chi connectivity index (χ0) is 13.1. The molecule has 0 amide bonds. The van der Waals surface area contributed by atoms with Gasteiger partial charge in [-0.2, -0.15) is 0 Å². The van der Waals surface area contributed by atoms with Crippen LogP contribution >= 0.6 is 0 Å². The molecular weight excluding hydrogens is 240 g/mol. The minimum atomic E-state index is -0.753. The Labute approximate surface area is 104 Å². The number of aliphatic hydroxyl groups excluding tert-OH is 1. The number of halogens is 2. The van der Waals surface area contributed by atoms with Crippen molar-refractivity contribution in [3.63, 3.8) is 0 Å². The first kappa shape index (κ1) is 13.0. The summed E-state index contributed by atoms with van der Waals surface area (Å²) in [6.45, 7) is 2.53. The number of nitrogens with zero attached hydrogens (tertiary/aromatic N) is 1. The van der Waals surface area contributed by atoms with Gasteiger partial charge in [0.1, 0.15) is 0 Å². The zero-order valence-electron chi connectivity index (χ0n) is 10.2. The van der Waals surface area contributed by atoms with Crippen molar-refractivity contribution < 1.29 is 13.9 Å². The molecule has 1 aliphatic rings. The van der Waals surface area contributed by atoms with Crippen molar-refractivity contribution in [3.05, 3.63) is 17.7 Å². The molecule has 0 radical (unpaired) electrons. The summed E-state index contributed by atoms with van der Waals surface area (Å²) in [6.07, 6.45) is 1.51. The summed E-state index contributed by atoms with van der Waals surface area (Å²) in [7, 11) is 0. The van der Waals surface area contributed by atoms with Gasteiger partial charge in [-0.1, -0.05) is 0 Å². The zero-order valence-corrected chi connectivity index (χ0v) is 10.2. The first-order valence-electron chi connectivity index (χ1n) is 6.13. The van der Waals surface area contributed by atoms with E-state index in [0.717, 1.165) is 18.9 Å². The van der Waals surface area contributed by atoms with Crippen LogP contribution in [0, 0.1) is 17.6 Å². The summed E-state index contributed by atoms with van der Waals surface area (Å²) in [6, 6.07) is 0.789. The summed E-state index contributed by atoms with van der Waals surface area (Å²) >= 11 is 0. The molecule has 1 atom stereocenters. The lowest BCUT2D eigenvalue weighted by Gasteiger charge is -2.13. The van der Waals surface area contributed by atoms with E-state index in [1.165, 1.54) is 0 Å². The Balaban J connectivity index is 2.03. The third-order valence-electron chi connectivity index (χ3n) is 2.92. The molecule has 6 heteroatoms. The van der Waals surface area contributed by atoms with E-state index < -0.39 is 17.7 Å². The summed E-state index contributed by atoms with van der Waals surface area (Å²) in [5.41, 5.74) is 0. The number of nitrogens with one attached hydrogen (secondary N) is 2. The van der Waals surface area contributed by atoms with Crippen LogP contribution in [0.25, 0.3) is 0 Å². The van der Waals surface area contributed by atoms with Gasteiger partial charge in [0.2, 0.25) is 0 Å². The quantitative estimate of drug-likeness (QED) is 0.729. The van der Waals surface area contributed by atoms with E-state index in [0.29, 0.717) is 12.5 Å². The molecular formula is C12H17F2N3O. The Kier molecular flexibility index (Phi) is 3.96. The fourth-order valence-corrected chi connectivity index (χ4v) is 1.73. The maximum Gasteiger partial charge on any atom is 0.168 e. The number of hydrogen-bond donors (Lipinski definition) is 3. The van der Waals surface area contributed by atoms with Gasteiger partial charge in [-0.25, -0.2) is 13.8 Å². The van der Waals surface area contributed by atoms with Crippen LogP contribution in [0.2, 0.25) is 0 Å². The first-order valence-corrected chi connectivity index (χ1v) is 6.13. The number of aliphatic hydroxyl groups is 1. The lowest BCUT2D eigenvalue weighted by molar-refractivity contribution is 0.164. The van der Waals surface area contributed by atoms with Crippen molar-refractivity contribution in [2.75, 3.05) is 23.7 Å². The molecule has 0 aromatic carbocycles. The van der Waals surface area contributed by atoms with Crippen LogP contribution in [0.15, 0.2) is 6.07 Å². The maximum absolute atomic E-state index is 13.5. The molecule has 2 rings (SSSR count). The smallest absolute Gasteiger partial charge is 0.168 e. The van der Waals surface area contributed by atoms with E-state index in [1.54, 1.807) is 6.92 Å². The van der Waals surface area contributed by atoms with Crippen LogP contribution in [0.1, 0.15) is 19.8 Å². The lowest BCUT2D eigenvalue weighted by atomic mass is 10.2. The van der Waals surface area contributed by atoms with Gasteiger partial charge in [-0.3, -0.25) is 0 Å². The van der Waals surface area contributed by atoms with E-state index in [1.807, 2.05) is 0 Å². The van der Waals surface area contributed by atoms with Crippen LogP contribution in [-0.4, -0.2) is 29.3 Å². The van der Waals surface area contributed by atoms with Crippen molar-refractivity contribution in [1.82, 2.24) is 4.98 Å². The molecule has 100 valence electrons. The van der Waals surface area contributed by atoms with Crippen LogP contribution < -0.4 is 10.6 Å². The molecule has 1 unspecified atom stereocenters. The molecule has 1 aliphatic carbocycles. The highest BCUT2D eigenvalue weighted by atomic mass is 19.1. The average Bonchev–Trinajstić information content (AvgIpc) is 3.15. The minimum absolute atomic E-state index is 0.0160. The second-order valence-corrected chi connectivity index (χ2v) is 4.47. The van der Waals surface area contributed by atoms with E-state index in [4.69, 9.17) is 0 Å². The third kappa shape index (κ3) is 3.07. The van der Waals surface area contributed by atoms with Gasteiger partial charge >= 0.3 is 0 Å². The fraction of sp³-hybridized carbons (Fsp3) is 0.583. The molecule has 1 fully saturated rings. The molecule has 4 nitrogen and oxygen atoms in total.